The lowest BCUT2D eigenvalue weighted by Gasteiger charge is -2.12. The molecule has 1 unspecified atom stereocenters. The van der Waals surface area contributed by atoms with Gasteiger partial charge in [0.25, 0.3) is 0 Å². The van der Waals surface area contributed by atoms with Crippen LogP contribution in [0, 0.1) is 0 Å². The van der Waals surface area contributed by atoms with Crippen molar-refractivity contribution in [2.45, 2.75) is 19.6 Å². The highest BCUT2D eigenvalue weighted by Crippen LogP contribution is 2.43. The minimum absolute atomic E-state index is 0.166. The fourth-order valence-corrected chi connectivity index (χ4v) is 2.19. The van der Waals surface area contributed by atoms with Crippen LogP contribution in [0.1, 0.15) is 24.2 Å². The molecule has 0 saturated carbocycles. The van der Waals surface area contributed by atoms with Crippen molar-refractivity contribution in [3.8, 4) is 17.2 Å². The molecule has 1 aromatic heterocycles. The van der Waals surface area contributed by atoms with Gasteiger partial charge in [0.1, 0.15) is 6.10 Å². The second-order valence-electron chi connectivity index (χ2n) is 4.49. The van der Waals surface area contributed by atoms with Gasteiger partial charge in [-0.15, -0.1) is 0 Å². The normalized spacial score (nSPS) is 14.3. The number of benzene rings is 1. The third-order valence-corrected chi connectivity index (χ3v) is 3.29. The van der Waals surface area contributed by atoms with Crippen LogP contribution in [0.4, 0.5) is 0 Å². The Bertz CT molecular complexity index is 624. The summed E-state index contributed by atoms with van der Waals surface area (Å²) in [6.45, 7) is 2.92. The lowest BCUT2D eigenvalue weighted by Crippen LogP contribution is -2.00. The zero-order valence-electron chi connectivity index (χ0n) is 11.4. The SMILES string of the molecule is CCn1cc(C(O)c2cc(OC)c3c(c2)OCO3)cn1. The van der Waals surface area contributed by atoms with E-state index in [0.717, 1.165) is 12.1 Å². The Hall–Kier alpha value is -2.21. The molecular weight excluding hydrogens is 260 g/mol. The maximum absolute atomic E-state index is 10.4. The van der Waals surface area contributed by atoms with Crippen LogP contribution in [0.15, 0.2) is 24.5 Å². The van der Waals surface area contributed by atoms with E-state index in [1.165, 1.54) is 0 Å². The molecule has 6 heteroatoms. The summed E-state index contributed by atoms with van der Waals surface area (Å²) >= 11 is 0. The van der Waals surface area contributed by atoms with E-state index in [0.29, 0.717) is 22.8 Å². The zero-order chi connectivity index (χ0) is 14.1. The van der Waals surface area contributed by atoms with Gasteiger partial charge in [0, 0.05) is 18.3 Å². The molecule has 0 amide bonds. The third-order valence-electron chi connectivity index (χ3n) is 3.29. The van der Waals surface area contributed by atoms with Crippen LogP contribution >= 0.6 is 0 Å². The molecule has 0 fully saturated rings. The first-order valence-corrected chi connectivity index (χ1v) is 6.41. The van der Waals surface area contributed by atoms with Crippen LogP contribution < -0.4 is 14.2 Å². The van der Waals surface area contributed by atoms with Crippen molar-refractivity contribution in [2.24, 2.45) is 0 Å². The average Bonchev–Trinajstić information content (AvgIpc) is 3.13. The number of fused-ring (bicyclic) bond motifs is 1. The summed E-state index contributed by atoms with van der Waals surface area (Å²) in [5, 5.41) is 14.6. The number of nitrogens with zero attached hydrogens (tertiary/aromatic N) is 2. The van der Waals surface area contributed by atoms with Gasteiger partial charge < -0.3 is 19.3 Å². The van der Waals surface area contributed by atoms with E-state index < -0.39 is 6.10 Å². The Kier molecular flexibility index (Phi) is 3.23. The number of aliphatic hydroxyl groups excluding tert-OH is 1. The molecule has 106 valence electrons. The Morgan fingerprint density at radius 1 is 1.40 bits per heavy atom. The molecule has 1 N–H and O–H groups in total. The predicted octanol–water partition coefficient (Wildman–Crippen LogP) is 1.72. The molecule has 2 heterocycles. The predicted molar refractivity (Wildman–Crippen MR) is 71.1 cm³/mol. The summed E-state index contributed by atoms with van der Waals surface area (Å²) in [5.41, 5.74) is 1.41. The summed E-state index contributed by atoms with van der Waals surface area (Å²) in [4.78, 5) is 0. The van der Waals surface area contributed by atoms with Crippen molar-refractivity contribution < 1.29 is 19.3 Å². The van der Waals surface area contributed by atoms with E-state index in [4.69, 9.17) is 14.2 Å². The van der Waals surface area contributed by atoms with Crippen LogP contribution in [0.25, 0.3) is 0 Å². The number of ether oxygens (including phenoxy) is 3. The van der Waals surface area contributed by atoms with E-state index in [1.54, 1.807) is 30.1 Å². The van der Waals surface area contributed by atoms with Gasteiger partial charge >= 0.3 is 0 Å². The van der Waals surface area contributed by atoms with Crippen LogP contribution in [0.5, 0.6) is 17.2 Å². The zero-order valence-corrected chi connectivity index (χ0v) is 11.4. The summed E-state index contributed by atoms with van der Waals surface area (Å²) in [7, 11) is 1.56. The first-order valence-electron chi connectivity index (χ1n) is 6.41. The van der Waals surface area contributed by atoms with E-state index in [2.05, 4.69) is 5.10 Å². The smallest absolute Gasteiger partial charge is 0.231 e. The third kappa shape index (κ3) is 2.08. The fraction of sp³-hybridized carbons (Fsp3) is 0.357. The van der Waals surface area contributed by atoms with Crippen LogP contribution in [-0.2, 0) is 6.54 Å². The van der Waals surface area contributed by atoms with E-state index in [9.17, 15) is 5.11 Å². The number of methoxy groups -OCH3 is 1. The first-order chi connectivity index (χ1) is 9.72. The molecule has 0 spiro atoms. The van der Waals surface area contributed by atoms with Gasteiger partial charge in [0.05, 0.1) is 13.3 Å². The van der Waals surface area contributed by atoms with E-state index >= 15 is 0 Å². The lowest BCUT2D eigenvalue weighted by molar-refractivity contribution is 0.171. The molecule has 2 aromatic rings. The van der Waals surface area contributed by atoms with Gasteiger partial charge in [0.15, 0.2) is 11.5 Å². The fourth-order valence-electron chi connectivity index (χ4n) is 2.19. The van der Waals surface area contributed by atoms with E-state index in [1.807, 2.05) is 13.1 Å². The van der Waals surface area contributed by atoms with Gasteiger partial charge in [-0.05, 0) is 24.6 Å². The molecule has 1 aliphatic rings. The molecule has 20 heavy (non-hydrogen) atoms. The highest BCUT2D eigenvalue weighted by atomic mass is 16.7. The van der Waals surface area contributed by atoms with Gasteiger partial charge in [-0.3, -0.25) is 4.68 Å². The maximum Gasteiger partial charge on any atom is 0.231 e. The van der Waals surface area contributed by atoms with Crippen molar-refractivity contribution in [2.75, 3.05) is 13.9 Å². The maximum atomic E-state index is 10.4. The largest absolute Gasteiger partial charge is 0.493 e. The lowest BCUT2D eigenvalue weighted by atomic mass is 10.0. The van der Waals surface area contributed by atoms with Gasteiger partial charge in [-0.2, -0.15) is 5.10 Å². The standard InChI is InChI=1S/C14H16N2O4/c1-3-16-7-10(6-15-16)13(17)9-4-11(18-2)14-12(5-9)19-8-20-14/h4-7,13,17H,3,8H2,1-2H3. The second kappa shape index (κ2) is 5.05. The molecular formula is C14H16N2O4. The monoisotopic (exact) mass is 276 g/mol. The molecule has 1 atom stereocenters. The van der Waals surface area contributed by atoms with Crippen LogP contribution in [0.2, 0.25) is 0 Å². The summed E-state index contributed by atoms with van der Waals surface area (Å²) in [5.74, 6) is 1.71. The quantitative estimate of drug-likeness (QED) is 0.921. The van der Waals surface area contributed by atoms with Crippen LogP contribution in [-0.4, -0.2) is 28.8 Å². The number of aromatic nitrogens is 2. The highest BCUT2D eigenvalue weighted by Gasteiger charge is 2.23. The second-order valence-corrected chi connectivity index (χ2v) is 4.49. The van der Waals surface area contributed by atoms with Crippen molar-refractivity contribution in [1.29, 1.82) is 0 Å². The molecule has 3 rings (SSSR count). The van der Waals surface area contributed by atoms with Crippen molar-refractivity contribution >= 4 is 0 Å². The Morgan fingerprint density at radius 2 is 2.25 bits per heavy atom. The van der Waals surface area contributed by atoms with Gasteiger partial charge in [-0.1, -0.05) is 0 Å². The van der Waals surface area contributed by atoms with Gasteiger partial charge in [-0.25, -0.2) is 0 Å². The van der Waals surface area contributed by atoms with Crippen molar-refractivity contribution in [1.82, 2.24) is 9.78 Å². The number of hydrogen-bond donors (Lipinski definition) is 1. The molecule has 0 aliphatic carbocycles. The summed E-state index contributed by atoms with van der Waals surface area (Å²) < 4.78 is 17.7. The molecule has 1 aromatic carbocycles. The minimum atomic E-state index is -0.779. The number of aliphatic hydroxyl groups is 1. The molecule has 1 aliphatic heterocycles. The van der Waals surface area contributed by atoms with Crippen LogP contribution in [0.3, 0.4) is 0 Å². The topological polar surface area (TPSA) is 65.7 Å². The molecule has 0 saturated heterocycles. The van der Waals surface area contributed by atoms with Crippen molar-refractivity contribution in [3.05, 3.63) is 35.7 Å². The molecule has 0 bridgehead atoms. The van der Waals surface area contributed by atoms with Gasteiger partial charge in [0.2, 0.25) is 12.5 Å². The number of hydrogen-bond acceptors (Lipinski definition) is 5. The minimum Gasteiger partial charge on any atom is -0.493 e. The van der Waals surface area contributed by atoms with Crippen molar-refractivity contribution in [3.63, 3.8) is 0 Å². The average molecular weight is 276 g/mol. The number of rotatable bonds is 4. The molecule has 6 nitrogen and oxygen atoms in total. The number of aryl methyl sites for hydroxylation is 1. The first kappa shape index (κ1) is 12.8. The van der Waals surface area contributed by atoms with E-state index in [-0.39, 0.29) is 6.79 Å². The molecule has 0 radical (unpaired) electrons. The Morgan fingerprint density at radius 3 is 2.95 bits per heavy atom. The Balaban J connectivity index is 1.97. The summed E-state index contributed by atoms with van der Waals surface area (Å²) in [6, 6.07) is 3.51. The Labute approximate surface area is 116 Å². The highest BCUT2D eigenvalue weighted by molar-refractivity contribution is 5.56. The summed E-state index contributed by atoms with van der Waals surface area (Å²) in [6.07, 6.45) is 2.70.